The lowest BCUT2D eigenvalue weighted by Gasteiger charge is -2.32. The van der Waals surface area contributed by atoms with Gasteiger partial charge in [-0.2, -0.15) is 0 Å². The van der Waals surface area contributed by atoms with Crippen molar-refractivity contribution in [3.05, 3.63) is 12.2 Å². The maximum absolute atomic E-state index is 2.62. The Kier molecular flexibility index (Phi) is 2.20. The van der Waals surface area contributed by atoms with Crippen molar-refractivity contribution in [2.45, 2.75) is 51.4 Å². The van der Waals surface area contributed by atoms with E-state index >= 15 is 0 Å². The molecule has 2 bridgehead atoms. The molecule has 88 valence electrons. The van der Waals surface area contributed by atoms with Gasteiger partial charge in [0.25, 0.3) is 0 Å². The van der Waals surface area contributed by atoms with Gasteiger partial charge in [-0.3, -0.25) is 0 Å². The smallest absolute Gasteiger partial charge is 0.0165 e. The van der Waals surface area contributed by atoms with Crippen LogP contribution in [0.1, 0.15) is 51.4 Å². The molecule has 0 nitrogen and oxygen atoms in total. The van der Waals surface area contributed by atoms with Crippen LogP contribution in [0.5, 0.6) is 0 Å². The predicted molar refractivity (Wildman–Crippen MR) is 67.0 cm³/mol. The molecule has 0 spiro atoms. The Morgan fingerprint density at radius 3 is 1.88 bits per heavy atom. The van der Waals surface area contributed by atoms with E-state index in [1.54, 1.807) is 25.7 Å². The van der Waals surface area contributed by atoms with Gasteiger partial charge in [0.1, 0.15) is 0 Å². The van der Waals surface area contributed by atoms with E-state index in [2.05, 4.69) is 12.2 Å². The van der Waals surface area contributed by atoms with Crippen molar-refractivity contribution < 1.29 is 0 Å². The van der Waals surface area contributed by atoms with Crippen LogP contribution in [-0.2, 0) is 0 Å². The minimum atomic E-state index is 1.01. The molecular formula is C16H24. The van der Waals surface area contributed by atoms with E-state index in [-0.39, 0.29) is 0 Å². The van der Waals surface area contributed by atoms with Crippen molar-refractivity contribution >= 4 is 0 Å². The zero-order valence-corrected chi connectivity index (χ0v) is 10.3. The summed E-state index contributed by atoms with van der Waals surface area (Å²) in [7, 11) is 0. The van der Waals surface area contributed by atoms with Gasteiger partial charge in [0.2, 0.25) is 0 Å². The largest absolute Gasteiger partial charge is 0.0845 e. The van der Waals surface area contributed by atoms with Crippen LogP contribution in [0.3, 0.4) is 0 Å². The molecule has 0 amide bonds. The van der Waals surface area contributed by atoms with Gasteiger partial charge in [0.05, 0.1) is 0 Å². The molecule has 3 fully saturated rings. The molecule has 0 saturated heterocycles. The van der Waals surface area contributed by atoms with E-state index in [9.17, 15) is 0 Å². The first-order valence-electron chi connectivity index (χ1n) is 7.63. The summed E-state index contributed by atoms with van der Waals surface area (Å²) in [5.74, 6) is 6.45. The van der Waals surface area contributed by atoms with Crippen LogP contribution in [0, 0.1) is 35.5 Å². The minimum absolute atomic E-state index is 1.01. The molecule has 4 aliphatic carbocycles. The summed E-state index contributed by atoms with van der Waals surface area (Å²) in [6.45, 7) is 0. The third-order valence-corrected chi connectivity index (χ3v) is 6.25. The highest BCUT2D eigenvalue weighted by Gasteiger charge is 2.54. The van der Waals surface area contributed by atoms with Crippen molar-refractivity contribution in [2.24, 2.45) is 35.5 Å². The van der Waals surface area contributed by atoms with Gasteiger partial charge in [-0.05, 0) is 48.3 Å². The first-order chi connectivity index (χ1) is 7.95. The second kappa shape index (κ2) is 3.62. The third kappa shape index (κ3) is 1.22. The lowest BCUT2D eigenvalue weighted by Crippen LogP contribution is -2.23. The van der Waals surface area contributed by atoms with Gasteiger partial charge in [-0.25, -0.2) is 0 Å². The molecule has 0 heterocycles. The summed E-state index contributed by atoms with van der Waals surface area (Å²) in [4.78, 5) is 0. The maximum Gasteiger partial charge on any atom is -0.0165 e. The second-order valence-corrected chi connectivity index (χ2v) is 6.77. The number of fused-ring (bicyclic) bond motifs is 5. The van der Waals surface area contributed by atoms with Gasteiger partial charge in [0.15, 0.2) is 0 Å². The molecule has 0 heteroatoms. The van der Waals surface area contributed by atoms with E-state index in [0.717, 1.165) is 35.5 Å². The summed E-state index contributed by atoms with van der Waals surface area (Å²) in [5, 5.41) is 0. The Morgan fingerprint density at radius 1 is 0.625 bits per heavy atom. The van der Waals surface area contributed by atoms with Crippen LogP contribution >= 0.6 is 0 Å². The average molecular weight is 216 g/mol. The fourth-order valence-corrected chi connectivity index (χ4v) is 5.75. The maximum atomic E-state index is 2.62. The van der Waals surface area contributed by atoms with E-state index < -0.39 is 0 Å². The molecule has 0 aromatic heterocycles. The lowest BCUT2D eigenvalue weighted by molar-refractivity contribution is 0.193. The van der Waals surface area contributed by atoms with Gasteiger partial charge in [0, 0.05) is 0 Å². The Morgan fingerprint density at radius 2 is 1.25 bits per heavy atom. The Hall–Kier alpha value is -0.260. The van der Waals surface area contributed by atoms with Crippen molar-refractivity contribution in [1.29, 1.82) is 0 Å². The lowest BCUT2D eigenvalue weighted by atomic mass is 9.73. The monoisotopic (exact) mass is 216 g/mol. The number of allylic oxidation sites excluding steroid dienone is 2. The topological polar surface area (TPSA) is 0 Å². The summed E-state index contributed by atoms with van der Waals surface area (Å²) in [6.07, 6.45) is 17.6. The van der Waals surface area contributed by atoms with E-state index in [4.69, 9.17) is 0 Å². The second-order valence-electron chi connectivity index (χ2n) is 6.77. The summed E-state index contributed by atoms with van der Waals surface area (Å²) in [5.41, 5.74) is 0. The zero-order valence-electron chi connectivity index (χ0n) is 10.3. The van der Waals surface area contributed by atoms with E-state index in [0.29, 0.717) is 0 Å². The van der Waals surface area contributed by atoms with Crippen LogP contribution in [0.2, 0.25) is 0 Å². The van der Waals surface area contributed by atoms with Gasteiger partial charge < -0.3 is 0 Å². The van der Waals surface area contributed by atoms with E-state index in [1.165, 1.54) is 25.7 Å². The molecule has 3 saturated carbocycles. The van der Waals surface area contributed by atoms with Gasteiger partial charge in [-0.1, -0.05) is 50.7 Å². The first kappa shape index (κ1) is 9.74. The molecule has 16 heavy (non-hydrogen) atoms. The van der Waals surface area contributed by atoms with Gasteiger partial charge in [-0.15, -0.1) is 0 Å². The average Bonchev–Trinajstić information content (AvgIpc) is 3.02. The van der Waals surface area contributed by atoms with Gasteiger partial charge >= 0.3 is 0 Å². The molecule has 0 aromatic rings. The third-order valence-electron chi connectivity index (χ3n) is 6.25. The number of rotatable bonds is 1. The Bertz CT molecular complexity index is 277. The van der Waals surface area contributed by atoms with Crippen LogP contribution < -0.4 is 0 Å². The zero-order chi connectivity index (χ0) is 10.5. The standard InChI is InChI=1S/C16H24/c1-2-5-11(6-3-1)16-14-9-10-15(16)13-8-4-7-12(13)14/h9-16H,1-8H2. The molecule has 4 aliphatic rings. The quantitative estimate of drug-likeness (QED) is 0.569. The molecular weight excluding hydrogens is 192 g/mol. The summed E-state index contributed by atoms with van der Waals surface area (Å²) < 4.78 is 0. The Labute approximate surface area is 99.5 Å². The Balaban J connectivity index is 1.58. The molecule has 0 N–H and O–H groups in total. The summed E-state index contributed by atoms with van der Waals surface area (Å²) in [6, 6.07) is 0. The van der Waals surface area contributed by atoms with Crippen molar-refractivity contribution in [3.8, 4) is 0 Å². The molecule has 4 unspecified atom stereocenters. The van der Waals surface area contributed by atoms with Crippen LogP contribution in [0.4, 0.5) is 0 Å². The van der Waals surface area contributed by atoms with Crippen molar-refractivity contribution in [2.75, 3.05) is 0 Å². The normalized spacial score (nSPS) is 51.1. The fourth-order valence-electron chi connectivity index (χ4n) is 5.75. The van der Waals surface area contributed by atoms with Crippen LogP contribution in [-0.4, -0.2) is 0 Å². The molecule has 0 radical (unpaired) electrons. The van der Waals surface area contributed by atoms with Crippen LogP contribution in [0.25, 0.3) is 0 Å². The molecule has 0 aromatic carbocycles. The van der Waals surface area contributed by atoms with Crippen molar-refractivity contribution in [1.82, 2.24) is 0 Å². The molecule has 4 rings (SSSR count). The number of hydrogen-bond acceptors (Lipinski definition) is 0. The van der Waals surface area contributed by atoms with E-state index in [1.807, 2.05) is 0 Å². The minimum Gasteiger partial charge on any atom is -0.0845 e. The number of hydrogen-bond donors (Lipinski definition) is 0. The van der Waals surface area contributed by atoms with Crippen molar-refractivity contribution in [3.63, 3.8) is 0 Å². The molecule has 4 atom stereocenters. The fraction of sp³-hybridized carbons (Fsp3) is 0.875. The SMILES string of the molecule is C1=CC2C3CCCC3C1C2C1CCCCC1. The summed E-state index contributed by atoms with van der Waals surface area (Å²) >= 11 is 0. The predicted octanol–water partition coefficient (Wildman–Crippen LogP) is 4.42. The molecule has 0 aliphatic heterocycles. The first-order valence-corrected chi connectivity index (χ1v) is 7.63. The highest BCUT2D eigenvalue weighted by Crippen LogP contribution is 2.61. The highest BCUT2D eigenvalue weighted by atomic mass is 14.6. The van der Waals surface area contributed by atoms with Crippen LogP contribution in [0.15, 0.2) is 12.2 Å². The highest BCUT2D eigenvalue weighted by molar-refractivity contribution is 5.19.